The topological polar surface area (TPSA) is 96.9 Å². The zero-order valence-corrected chi connectivity index (χ0v) is 19.7. The van der Waals surface area contributed by atoms with Crippen molar-refractivity contribution in [2.24, 2.45) is 5.10 Å². The predicted molar refractivity (Wildman–Crippen MR) is 130 cm³/mol. The molecule has 0 aliphatic carbocycles. The molecular formula is C25H22BrN3O4. The van der Waals surface area contributed by atoms with Crippen LogP contribution in [0.3, 0.4) is 0 Å². The molecule has 3 aromatic carbocycles. The lowest BCUT2D eigenvalue weighted by molar-refractivity contribution is -0.120. The number of benzene rings is 3. The van der Waals surface area contributed by atoms with Crippen LogP contribution in [0, 0.1) is 13.8 Å². The number of hydrazone groups is 1. The summed E-state index contributed by atoms with van der Waals surface area (Å²) >= 11 is 3.37. The van der Waals surface area contributed by atoms with Crippen LogP contribution in [-0.2, 0) is 4.79 Å². The third-order valence-corrected chi connectivity index (χ3v) is 5.22. The Morgan fingerprint density at radius 2 is 1.58 bits per heavy atom. The monoisotopic (exact) mass is 507 g/mol. The molecule has 0 spiro atoms. The van der Waals surface area contributed by atoms with Gasteiger partial charge in [-0.3, -0.25) is 9.59 Å². The van der Waals surface area contributed by atoms with Crippen molar-refractivity contribution in [3.63, 3.8) is 0 Å². The predicted octanol–water partition coefficient (Wildman–Crippen LogP) is 4.17. The van der Waals surface area contributed by atoms with Gasteiger partial charge in [-0.15, -0.1) is 0 Å². The first-order valence-electron chi connectivity index (χ1n) is 10.1. The molecule has 168 valence electrons. The minimum absolute atomic E-state index is 0.238. The maximum atomic E-state index is 12.6. The number of hydrogen-bond acceptors (Lipinski definition) is 5. The van der Waals surface area contributed by atoms with Crippen LogP contribution >= 0.6 is 15.9 Å². The Bertz CT molecular complexity index is 1220. The minimum Gasteiger partial charge on any atom is -0.422 e. The van der Waals surface area contributed by atoms with Crippen LogP contribution in [0.4, 0.5) is 0 Å². The molecule has 0 saturated carbocycles. The molecule has 0 saturated heterocycles. The summed E-state index contributed by atoms with van der Waals surface area (Å²) in [4.78, 5) is 36.8. The maximum absolute atomic E-state index is 12.6. The lowest BCUT2D eigenvalue weighted by Gasteiger charge is -2.09. The van der Waals surface area contributed by atoms with Crippen LogP contribution in [0.1, 0.15) is 37.4 Å². The standard InChI is InChI=1S/C25H22BrN3O4/c1-16-7-3-5-9-20(16)24(31)27-15-23(30)29-28-14-18-13-19(26)11-12-22(18)33-25(32)21-10-6-4-8-17(21)2/h3-14H,15H2,1-2H3,(H,27,31)(H,29,30)/b28-14+. The van der Waals surface area contributed by atoms with Crippen molar-refractivity contribution < 1.29 is 19.1 Å². The Labute approximate surface area is 200 Å². The summed E-state index contributed by atoms with van der Waals surface area (Å²) in [5, 5.41) is 6.48. The van der Waals surface area contributed by atoms with Gasteiger partial charge >= 0.3 is 5.97 Å². The first kappa shape index (κ1) is 23.9. The van der Waals surface area contributed by atoms with Gasteiger partial charge in [0.15, 0.2) is 0 Å². The highest BCUT2D eigenvalue weighted by Gasteiger charge is 2.14. The number of esters is 1. The van der Waals surface area contributed by atoms with Crippen molar-refractivity contribution in [3.8, 4) is 5.75 Å². The van der Waals surface area contributed by atoms with Crippen molar-refractivity contribution in [1.29, 1.82) is 0 Å². The maximum Gasteiger partial charge on any atom is 0.343 e. The molecule has 0 unspecified atom stereocenters. The van der Waals surface area contributed by atoms with E-state index in [0.29, 0.717) is 16.7 Å². The average molecular weight is 508 g/mol. The quantitative estimate of drug-likeness (QED) is 0.217. The molecule has 3 rings (SSSR count). The summed E-state index contributed by atoms with van der Waals surface area (Å²) in [6.07, 6.45) is 1.37. The van der Waals surface area contributed by atoms with Gasteiger partial charge in [0.05, 0.1) is 18.3 Å². The van der Waals surface area contributed by atoms with Crippen molar-refractivity contribution in [1.82, 2.24) is 10.7 Å². The lowest BCUT2D eigenvalue weighted by Crippen LogP contribution is -2.35. The molecule has 0 fully saturated rings. The third-order valence-electron chi connectivity index (χ3n) is 4.73. The molecule has 2 amide bonds. The van der Waals surface area contributed by atoms with Gasteiger partial charge in [0.1, 0.15) is 5.75 Å². The average Bonchev–Trinajstić information content (AvgIpc) is 2.79. The van der Waals surface area contributed by atoms with Crippen LogP contribution in [0.5, 0.6) is 5.75 Å². The van der Waals surface area contributed by atoms with Gasteiger partial charge in [-0.1, -0.05) is 52.3 Å². The van der Waals surface area contributed by atoms with Gasteiger partial charge in [0.2, 0.25) is 0 Å². The number of halogens is 1. The second-order valence-electron chi connectivity index (χ2n) is 7.18. The Morgan fingerprint density at radius 1 is 0.939 bits per heavy atom. The Balaban J connectivity index is 1.61. The zero-order valence-electron chi connectivity index (χ0n) is 18.1. The fraction of sp³-hybridized carbons (Fsp3) is 0.120. The van der Waals surface area contributed by atoms with Gasteiger partial charge in [-0.2, -0.15) is 5.10 Å². The van der Waals surface area contributed by atoms with E-state index in [1.165, 1.54) is 6.21 Å². The van der Waals surface area contributed by atoms with E-state index in [4.69, 9.17) is 4.74 Å². The van der Waals surface area contributed by atoms with E-state index < -0.39 is 11.9 Å². The fourth-order valence-electron chi connectivity index (χ4n) is 2.97. The first-order chi connectivity index (χ1) is 15.8. The number of aryl methyl sites for hydroxylation is 2. The highest BCUT2D eigenvalue weighted by atomic mass is 79.9. The first-order valence-corrected chi connectivity index (χ1v) is 10.9. The smallest absolute Gasteiger partial charge is 0.343 e. The summed E-state index contributed by atoms with van der Waals surface area (Å²) in [7, 11) is 0. The number of carbonyl (C=O) groups is 3. The van der Waals surface area contributed by atoms with E-state index >= 15 is 0 Å². The van der Waals surface area contributed by atoms with Crippen LogP contribution in [0.15, 0.2) is 76.3 Å². The van der Waals surface area contributed by atoms with Gasteiger partial charge in [-0.05, 0) is 55.3 Å². The molecule has 7 nitrogen and oxygen atoms in total. The number of rotatable bonds is 7. The largest absolute Gasteiger partial charge is 0.422 e. The molecule has 0 heterocycles. The van der Waals surface area contributed by atoms with Gasteiger partial charge in [0.25, 0.3) is 11.8 Å². The highest BCUT2D eigenvalue weighted by molar-refractivity contribution is 9.10. The molecule has 0 aromatic heterocycles. The van der Waals surface area contributed by atoms with Crippen LogP contribution in [0.2, 0.25) is 0 Å². The van der Waals surface area contributed by atoms with Crippen molar-refractivity contribution in [2.75, 3.05) is 6.54 Å². The molecule has 3 aromatic rings. The molecular weight excluding hydrogens is 486 g/mol. The van der Waals surface area contributed by atoms with E-state index in [-0.39, 0.29) is 18.2 Å². The molecule has 8 heteroatoms. The minimum atomic E-state index is -0.498. The summed E-state index contributed by atoms with van der Waals surface area (Å²) in [5.74, 6) is -1.04. The van der Waals surface area contributed by atoms with E-state index in [1.54, 1.807) is 42.5 Å². The van der Waals surface area contributed by atoms with E-state index in [1.807, 2.05) is 38.1 Å². The van der Waals surface area contributed by atoms with Crippen molar-refractivity contribution in [2.45, 2.75) is 13.8 Å². The number of amides is 2. The number of ether oxygens (including phenoxy) is 1. The number of hydrogen-bond donors (Lipinski definition) is 2. The Hall–Kier alpha value is -3.78. The number of carbonyl (C=O) groups excluding carboxylic acids is 3. The Morgan fingerprint density at radius 3 is 2.24 bits per heavy atom. The van der Waals surface area contributed by atoms with E-state index in [0.717, 1.165) is 15.6 Å². The number of nitrogens with one attached hydrogen (secondary N) is 2. The molecule has 0 aliphatic heterocycles. The molecule has 2 N–H and O–H groups in total. The Kier molecular flexibility index (Phi) is 8.10. The molecule has 0 radical (unpaired) electrons. The van der Waals surface area contributed by atoms with Crippen LogP contribution in [0.25, 0.3) is 0 Å². The SMILES string of the molecule is Cc1ccccc1C(=O)NCC(=O)N/N=C/c1cc(Br)ccc1OC(=O)c1ccccc1C. The second kappa shape index (κ2) is 11.2. The molecule has 0 atom stereocenters. The lowest BCUT2D eigenvalue weighted by atomic mass is 10.1. The van der Waals surface area contributed by atoms with Crippen LogP contribution < -0.4 is 15.5 Å². The normalized spacial score (nSPS) is 10.6. The van der Waals surface area contributed by atoms with Gasteiger partial charge < -0.3 is 10.1 Å². The summed E-state index contributed by atoms with van der Waals surface area (Å²) in [6, 6.07) is 19.3. The summed E-state index contributed by atoms with van der Waals surface area (Å²) < 4.78 is 6.29. The van der Waals surface area contributed by atoms with Crippen molar-refractivity contribution >= 4 is 39.9 Å². The molecule has 33 heavy (non-hydrogen) atoms. The van der Waals surface area contributed by atoms with Crippen molar-refractivity contribution in [3.05, 3.63) is 99.0 Å². The van der Waals surface area contributed by atoms with E-state index in [2.05, 4.69) is 31.8 Å². The summed E-state index contributed by atoms with van der Waals surface area (Å²) in [5.41, 5.74) is 5.41. The summed E-state index contributed by atoms with van der Waals surface area (Å²) in [6.45, 7) is 3.41. The number of nitrogens with zero attached hydrogens (tertiary/aromatic N) is 1. The van der Waals surface area contributed by atoms with Gasteiger partial charge in [0, 0.05) is 15.6 Å². The molecule has 0 aliphatic rings. The van der Waals surface area contributed by atoms with E-state index in [9.17, 15) is 14.4 Å². The third kappa shape index (κ3) is 6.60. The van der Waals surface area contributed by atoms with Gasteiger partial charge in [-0.25, -0.2) is 10.2 Å². The highest BCUT2D eigenvalue weighted by Crippen LogP contribution is 2.23. The fourth-order valence-corrected chi connectivity index (χ4v) is 3.35. The zero-order chi connectivity index (χ0) is 23.8. The second-order valence-corrected chi connectivity index (χ2v) is 8.09. The molecule has 0 bridgehead atoms. The van der Waals surface area contributed by atoms with Crippen LogP contribution in [-0.4, -0.2) is 30.5 Å².